The van der Waals surface area contributed by atoms with Crippen molar-refractivity contribution in [2.24, 2.45) is 0 Å². The highest BCUT2D eigenvalue weighted by Gasteiger charge is 2.03. The number of rotatable bonds is 25. The molecule has 0 aliphatic heterocycles. The highest BCUT2D eigenvalue weighted by molar-refractivity contribution is 5.69. The van der Waals surface area contributed by atoms with Gasteiger partial charge in [-0.05, 0) is 26.2 Å². The van der Waals surface area contributed by atoms with E-state index < -0.39 is 0 Å². The fraction of sp³-hybridized carbons (Fsp3) is 0.929. The van der Waals surface area contributed by atoms with Gasteiger partial charge in [0.2, 0.25) is 0 Å². The average Bonchev–Trinajstić information content (AvgIpc) is 2.78. The molecule has 0 aliphatic rings. The number of unbranched alkanes of at least 4 members (excludes halogenated alkanes) is 18. The lowest BCUT2D eigenvalue weighted by Crippen LogP contribution is -2.05. The molecular weight excluding hydrogens is 400 g/mol. The summed E-state index contributed by atoms with van der Waals surface area (Å²) in [4.78, 5) is 23.0. The zero-order chi connectivity index (χ0) is 23.5. The third kappa shape index (κ3) is 25.2. The Morgan fingerprint density at radius 1 is 0.438 bits per heavy atom. The van der Waals surface area contributed by atoms with E-state index in [4.69, 9.17) is 9.47 Å². The van der Waals surface area contributed by atoms with E-state index in [0.29, 0.717) is 26.1 Å². The smallest absolute Gasteiger partial charge is 0.305 e. The second-order valence-electron chi connectivity index (χ2n) is 9.24. The van der Waals surface area contributed by atoms with Gasteiger partial charge in [-0.1, -0.05) is 116 Å². The third-order valence-corrected chi connectivity index (χ3v) is 6.08. The topological polar surface area (TPSA) is 52.6 Å². The summed E-state index contributed by atoms with van der Waals surface area (Å²) in [6.07, 6.45) is 26.0. The van der Waals surface area contributed by atoms with Crippen molar-refractivity contribution in [3.8, 4) is 0 Å². The van der Waals surface area contributed by atoms with Crippen LogP contribution in [0.25, 0.3) is 0 Å². The maximum atomic E-state index is 11.8. The van der Waals surface area contributed by atoms with E-state index in [1.54, 1.807) is 0 Å². The van der Waals surface area contributed by atoms with Crippen molar-refractivity contribution >= 4 is 11.9 Å². The molecule has 0 rings (SSSR count). The number of ether oxygens (including phenoxy) is 2. The Bertz CT molecular complexity index is 408. The molecule has 0 saturated heterocycles. The summed E-state index contributed by atoms with van der Waals surface area (Å²) in [6, 6.07) is 0. The van der Waals surface area contributed by atoms with Crippen LogP contribution in [-0.2, 0) is 19.1 Å². The van der Waals surface area contributed by atoms with Gasteiger partial charge in [-0.2, -0.15) is 0 Å². The number of carbonyl (C=O) groups excluding carboxylic acids is 2. The fourth-order valence-corrected chi connectivity index (χ4v) is 4.03. The molecule has 0 aromatic carbocycles. The third-order valence-electron chi connectivity index (χ3n) is 6.08. The van der Waals surface area contributed by atoms with Crippen LogP contribution in [-0.4, -0.2) is 25.2 Å². The minimum atomic E-state index is -0.0888. The van der Waals surface area contributed by atoms with Crippen molar-refractivity contribution < 1.29 is 19.1 Å². The lowest BCUT2D eigenvalue weighted by atomic mass is 10.0. The quantitative estimate of drug-likeness (QED) is 0.102. The molecule has 0 fully saturated rings. The number of hydrogen-bond donors (Lipinski definition) is 0. The molecule has 0 spiro atoms. The lowest BCUT2D eigenvalue weighted by molar-refractivity contribution is -0.144. The molecule has 0 N–H and O–H groups in total. The van der Waals surface area contributed by atoms with Crippen molar-refractivity contribution in [1.29, 1.82) is 0 Å². The molecule has 4 heteroatoms. The van der Waals surface area contributed by atoms with Gasteiger partial charge in [0.25, 0.3) is 0 Å². The molecule has 0 atom stereocenters. The monoisotopic (exact) mass is 454 g/mol. The first-order chi connectivity index (χ1) is 15.7. The van der Waals surface area contributed by atoms with Crippen molar-refractivity contribution in [2.75, 3.05) is 13.2 Å². The summed E-state index contributed by atoms with van der Waals surface area (Å²) in [5.74, 6) is -0.129. The van der Waals surface area contributed by atoms with Crippen LogP contribution in [0.4, 0.5) is 0 Å². The minimum Gasteiger partial charge on any atom is -0.466 e. The first-order valence-corrected chi connectivity index (χ1v) is 14.0. The molecule has 0 aromatic heterocycles. The zero-order valence-electron chi connectivity index (χ0n) is 21.6. The van der Waals surface area contributed by atoms with E-state index in [1.165, 1.54) is 83.5 Å². The van der Waals surface area contributed by atoms with Crippen LogP contribution in [0.15, 0.2) is 0 Å². The molecule has 4 nitrogen and oxygen atoms in total. The standard InChI is InChI=1S/C28H54O4/c1-3-5-6-7-8-9-10-11-12-13-14-17-20-23-26-32-28(30)25-22-19-16-15-18-21-24-27(29)31-4-2/h3-26H2,1-2H3. The second kappa shape index (κ2) is 26.2. The molecule has 0 bridgehead atoms. The Balaban J connectivity index is 3.18. The van der Waals surface area contributed by atoms with Gasteiger partial charge in [-0.15, -0.1) is 0 Å². The Morgan fingerprint density at radius 2 is 0.781 bits per heavy atom. The molecule has 0 heterocycles. The second-order valence-corrected chi connectivity index (χ2v) is 9.24. The Kier molecular flexibility index (Phi) is 25.3. The largest absolute Gasteiger partial charge is 0.466 e. The minimum absolute atomic E-state index is 0.0398. The molecule has 190 valence electrons. The molecule has 0 unspecified atom stereocenters. The highest BCUT2D eigenvalue weighted by Crippen LogP contribution is 2.13. The number of esters is 2. The maximum absolute atomic E-state index is 11.8. The van der Waals surface area contributed by atoms with Crippen molar-refractivity contribution in [1.82, 2.24) is 0 Å². The Hall–Kier alpha value is -1.06. The van der Waals surface area contributed by atoms with Crippen LogP contribution in [0.1, 0.15) is 155 Å². The van der Waals surface area contributed by atoms with Crippen LogP contribution in [0.3, 0.4) is 0 Å². The van der Waals surface area contributed by atoms with Crippen LogP contribution < -0.4 is 0 Å². The van der Waals surface area contributed by atoms with Gasteiger partial charge in [0.1, 0.15) is 0 Å². The van der Waals surface area contributed by atoms with E-state index in [-0.39, 0.29) is 11.9 Å². The summed E-state index contributed by atoms with van der Waals surface area (Å²) in [6.45, 7) is 5.17. The summed E-state index contributed by atoms with van der Waals surface area (Å²) in [5.41, 5.74) is 0. The summed E-state index contributed by atoms with van der Waals surface area (Å²) in [5, 5.41) is 0. The maximum Gasteiger partial charge on any atom is 0.305 e. The first kappa shape index (κ1) is 30.9. The number of hydrogen-bond acceptors (Lipinski definition) is 4. The van der Waals surface area contributed by atoms with Crippen LogP contribution >= 0.6 is 0 Å². The molecule has 0 aromatic rings. The fourth-order valence-electron chi connectivity index (χ4n) is 4.03. The van der Waals surface area contributed by atoms with Gasteiger partial charge in [-0.25, -0.2) is 0 Å². The molecule has 0 saturated carbocycles. The molecule has 0 radical (unpaired) electrons. The van der Waals surface area contributed by atoms with Crippen LogP contribution in [0.5, 0.6) is 0 Å². The normalized spacial score (nSPS) is 10.9. The first-order valence-electron chi connectivity index (χ1n) is 14.0. The average molecular weight is 455 g/mol. The summed E-state index contributed by atoms with van der Waals surface area (Å²) in [7, 11) is 0. The van der Waals surface area contributed by atoms with Crippen LogP contribution in [0, 0.1) is 0 Å². The molecule has 0 aliphatic carbocycles. The van der Waals surface area contributed by atoms with E-state index in [1.807, 2.05) is 6.92 Å². The van der Waals surface area contributed by atoms with E-state index in [9.17, 15) is 9.59 Å². The van der Waals surface area contributed by atoms with E-state index in [0.717, 1.165) is 44.9 Å². The van der Waals surface area contributed by atoms with Gasteiger partial charge < -0.3 is 9.47 Å². The Labute approximate surface area is 199 Å². The summed E-state index contributed by atoms with van der Waals surface area (Å²) < 4.78 is 10.3. The summed E-state index contributed by atoms with van der Waals surface area (Å²) >= 11 is 0. The molecule has 0 amide bonds. The van der Waals surface area contributed by atoms with E-state index in [2.05, 4.69) is 6.92 Å². The van der Waals surface area contributed by atoms with Gasteiger partial charge in [0.05, 0.1) is 13.2 Å². The van der Waals surface area contributed by atoms with E-state index >= 15 is 0 Å². The highest BCUT2D eigenvalue weighted by atomic mass is 16.5. The predicted octanol–water partition coefficient (Wildman–Crippen LogP) is 8.69. The van der Waals surface area contributed by atoms with Gasteiger partial charge in [0, 0.05) is 12.8 Å². The van der Waals surface area contributed by atoms with Crippen molar-refractivity contribution in [2.45, 2.75) is 155 Å². The number of carbonyl (C=O) groups is 2. The molecular formula is C28H54O4. The predicted molar refractivity (Wildman–Crippen MR) is 135 cm³/mol. The zero-order valence-corrected chi connectivity index (χ0v) is 21.6. The Morgan fingerprint density at radius 3 is 1.19 bits per heavy atom. The van der Waals surface area contributed by atoms with Gasteiger partial charge in [0.15, 0.2) is 0 Å². The van der Waals surface area contributed by atoms with Crippen molar-refractivity contribution in [3.05, 3.63) is 0 Å². The van der Waals surface area contributed by atoms with Gasteiger partial charge in [-0.3, -0.25) is 9.59 Å². The SMILES string of the molecule is CCCCCCCCCCCCCCCCOC(=O)CCCCCCCCC(=O)OCC. The lowest BCUT2D eigenvalue weighted by Gasteiger charge is -2.06. The van der Waals surface area contributed by atoms with Crippen LogP contribution in [0.2, 0.25) is 0 Å². The van der Waals surface area contributed by atoms with Crippen molar-refractivity contribution in [3.63, 3.8) is 0 Å². The van der Waals surface area contributed by atoms with Gasteiger partial charge >= 0.3 is 11.9 Å². The molecule has 32 heavy (non-hydrogen) atoms.